The summed E-state index contributed by atoms with van der Waals surface area (Å²) in [5.41, 5.74) is 1.96. The fourth-order valence-electron chi connectivity index (χ4n) is 2.66. The summed E-state index contributed by atoms with van der Waals surface area (Å²) in [5, 5.41) is 0. The highest BCUT2D eigenvalue weighted by molar-refractivity contribution is 5.55. The highest BCUT2D eigenvalue weighted by Crippen LogP contribution is 2.48. The van der Waals surface area contributed by atoms with Gasteiger partial charge in [0.25, 0.3) is 0 Å². The molecule has 2 rings (SSSR count). The Hall–Kier alpha value is -1.18. The van der Waals surface area contributed by atoms with Crippen LogP contribution in [0.1, 0.15) is 78.4 Å². The van der Waals surface area contributed by atoms with E-state index in [2.05, 4.69) is 67.5 Å². The van der Waals surface area contributed by atoms with E-state index in [9.17, 15) is 0 Å². The third-order valence-electron chi connectivity index (χ3n) is 4.57. The predicted molar refractivity (Wildman–Crippen MR) is 84.0 cm³/mol. The summed E-state index contributed by atoms with van der Waals surface area (Å²) < 4.78 is 12.6. The minimum absolute atomic E-state index is 0.340. The fraction of sp³-hybridized carbons (Fsp3) is 0.667. The minimum Gasteiger partial charge on any atom is -0.480 e. The van der Waals surface area contributed by atoms with E-state index in [1.54, 1.807) is 0 Å². The van der Waals surface area contributed by atoms with Gasteiger partial charge in [-0.3, -0.25) is 0 Å². The van der Waals surface area contributed by atoms with E-state index in [1.807, 2.05) is 0 Å². The topological polar surface area (TPSA) is 18.5 Å². The summed E-state index contributed by atoms with van der Waals surface area (Å²) in [6, 6.07) is 4.25. The largest absolute Gasteiger partial charge is 0.480 e. The van der Waals surface area contributed by atoms with Crippen molar-refractivity contribution in [1.29, 1.82) is 0 Å². The number of hydrogen-bond acceptors (Lipinski definition) is 2. The number of fused-ring (bicyclic) bond motifs is 1. The lowest BCUT2D eigenvalue weighted by Crippen LogP contribution is -2.56. The van der Waals surface area contributed by atoms with Gasteiger partial charge < -0.3 is 9.47 Å². The first-order valence-corrected chi connectivity index (χ1v) is 7.61. The molecule has 2 heteroatoms. The van der Waals surface area contributed by atoms with Gasteiger partial charge in [-0.2, -0.15) is 0 Å². The zero-order valence-corrected chi connectivity index (χ0v) is 14.1. The summed E-state index contributed by atoms with van der Waals surface area (Å²) in [6.07, 6.45) is 0. The molecule has 1 aromatic rings. The van der Waals surface area contributed by atoms with Crippen LogP contribution in [0.5, 0.6) is 11.5 Å². The van der Waals surface area contributed by atoms with Crippen molar-refractivity contribution in [3.8, 4) is 11.5 Å². The average Bonchev–Trinajstić information content (AvgIpc) is 2.27. The minimum atomic E-state index is -0.348. The number of hydrogen-bond donors (Lipinski definition) is 0. The van der Waals surface area contributed by atoms with Gasteiger partial charge in [-0.15, -0.1) is 0 Å². The molecule has 20 heavy (non-hydrogen) atoms. The second-order valence-electron chi connectivity index (χ2n) is 7.43. The molecule has 0 saturated carbocycles. The number of ether oxygens (including phenoxy) is 2. The molecule has 0 spiro atoms. The Labute approximate surface area is 123 Å². The first kappa shape index (κ1) is 15.2. The van der Waals surface area contributed by atoms with Crippen LogP contribution in [0.25, 0.3) is 0 Å². The molecule has 0 fully saturated rings. The van der Waals surface area contributed by atoms with Crippen molar-refractivity contribution in [2.75, 3.05) is 0 Å². The van der Waals surface area contributed by atoms with Crippen LogP contribution in [0.3, 0.4) is 0 Å². The molecule has 112 valence electrons. The van der Waals surface area contributed by atoms with Gasteiger partial charge in [0.15, 0.2) is 11.5 Å². The molecule has 1 aromatic carbocycles. The summed E-state index contributed by atoms with van der Waals surface area (Å²) in [7, 11) is 0. The van der Waals surface area contributed by atoms with Gasteiger partial charge in [-0.25, -0.2) is 0 Å². The van der Waals surface area contributed by atoms with Gasteiger partial charge in [0, 0.05) is 5.56 Å². The van der Waals surface area contributed by atoms with Crippen molar-refractivity contribution < 1.29 is 9.47 Å². The molecule has 0 bridgehead atoms. The maximum Gasteiger partial charge on any atom is 0.165 e. The SMILES string of the molecule is CC(C)c1ccc2c(c1C(C)C)OC(C)(C)C(C)(C)O2. The van der Waals surface area contributed by atoms with Crippen LogP contribution >= 0.6 is 0 Å². The van der Waals surface area contributed by atoms with Crippen LogP contribution in [0.15, 0.2) is 12.1 Å². The Morgan fingerprint density at radius 3 is 1.85 bits per heavy atom. The first-order chi connectivity index (χ1) is 9.07. The smallest absolute Gasteiger partial charge is 0.165 e. The van der Waals surface area contributed by atoms with Crippen molar-refractivity contribution in [3.05, 3.63) is 23.3 Å². The molecular formula is C18H28O2. The van der Waals surface area contributed by atoms with Gasteiger partial charge in [0.05, 0.1) is 0 Å². The lowest BCUT2D eigenvalue weighted by atomic mass is 9.85. The summed E-state index contributed by atoms with van der Waals surface area (Å²) in [5.74, 6) is 2.72. The van der Waals surface area contributed by atoms with E-state index < -0.39 is 0 Å². The molecule has 0 aliphatic carbocycles. The molecule has 0 unspecified atom stereocenters. The summed E-state index contributed by atoms with van der Waals surface area (Å²) >= 11 is 0. The molecule has 1 aliphatic rings. The van der Waals surface area contributed by atoms with Gasteiger partial charge in [0.1, 0.15) is 11.2 Å². The third-order valence-corrected chi connectivity index (χ3v) is 4.57. The standard InChI is InChI=1S/C18H28O2/c1-11(2)13-9-10-14-16(15(13)12(3)4)20-18(7,8)17(5,6)19-14/h9-12H,1-8H3. The van der Waals surface area contributed by atoms with Crippen LogP contribution in [0.2, 0.25) is 0 Å². The molecule has 1 heterocycles. The van der Waals surface area contributed by atoms with E-state index in [-0.39, 0.29) is 11.2 Å². The van der Waals surface area contributed by atoms with Crippen molar-refractivity contribution in [3.63, 3.8) is 0 Å². The molecule has 0 amide bonds. The monoisotopic (exact) mass is 276 g/mol. The second-order valence-corrected chi connectivity index (χ2v) is 7.43. The molecule has 0 atom stereocenters. The maximum absolute atomic E-state index is 6.39. The lowest BCUT2D eigenvalue weighted by Gasteiger charge is -2.47. The van der Waals surface area contributed by atoms with Crippen molar-refractivity contribution in [1.82, 2.24) is 0 Å². The van der Waals surface area contributed by atoms with Crippen LogP contribution in [0, 0.1) is 0 Å². The quantitative estimate of drug-likeness (QED) is 0.733. The zero-order chi connectivity index (χ0) is 15.3. The van der Waals surface area contributed by atoms with Crippen LogP contribution in [-0.2, 0) is 0 Å². The van der Waals surface area contributed by atoms with Gasteiger partial charge in [-0.05, 0) is 51.2 Å². The fourth-order valence-corrected chi connectivity index (χ4v) is 2.66. The Bertz CT molecular complexity index is 510. The predicted octanol–water partition coefficient (Wildman–Crippen LogP) is 5.26. The van der Waals surface area contributed by atoms with Gasteiger partial charge in [0.2, 0.25) is 0 Å². The molecule has 1 aliphatic heterocycles. The highest BCUT2D eigenvalue weighted by Gasteiger charge is 2.46. The van der Waals surface area contributed by atoms with Crippen LogP contribution < -0.4 is 9.47 Å². The number of benzene rings is 1. The van der Waals surface area contributed by atoms with E-state index in [1.165, 1.54) is 11.1 Å². The van der Waals surface area contributed by atoms with E-state index in [4.69, 9.17) is 9.47 Å². The molecule has 0 radical (unpaired) electrons. The molecular weight excluding hydrogens is 248 g/mol. The number of rotatable bonds is 2. The van der Waals surface area contributed by atoms with E-state index in [0.29, 0.717) is 11.8 Å². The third kappa shape index (κ3) is 2.30. The highest BCUT2D eigenvalue weighted by atomic mass is 16.6. The Morgan fingerprint density at radius 2 is 1.35 bits per heavy atom. The van der Waals surface area contributed by atoms with Gasteiger partial charge >= 0.3 is 0 Å². The maximum atomic E-state index is 6.39. The Morgan fingerprint density at radius 1 is 0.800 bits per heavy atom. The van der Waals surface area contributed by atoms with E-state index >= 15 is 0 Å². The Kier molecular flexibility index (Phi) is 3.56. The molecule has 0 aromatic heterocycles. The lowest BCUT2D eigenvalue weighted by molar-refractivity contribution is -0.0998. The van der Waals surface area contributed by atoms with Crippen molar-refractivity contribution >= 4 is 0 Å². The van der Waals surface area contributed by atoms with E-state index in [0.717, 1.165) is 11.5 Å². The summed E-state index contributed by atoms with van der Waals surface area (Å²) in [4.78, 5) is 0. The average molecular weight is 276 g/mol. The van der Waals surface area contributed by atoms with Crippen molar-refractivity contribution in [2.45, 2.75) is 78.4 Å². The Balaban J connectivity index is 2.64. The molecule has 2 nitrogen and oxygen atoms in total. The van der Waals surface area contributed by atoms with Crippen LogP contribution in [-0.4, -0.2) is 11.2 Å². The normalized spacial score (nSPS) is 19.5. The van der Waals surface area contributed by atoms with Gasteiger partial charge in [-0.1, -0.05) is 33.8 Å². The summed E-state index contributed by atoms with van der Waals surface area (Å²) in [6.45, 7) is 17.3. The first-order valence-electron chi connectivity index (χ1n) is 7.61. The zero-order valence-electron chi connectivity index (χ0n) is 14.1. The molecule has 0 saturated heterocycles. The van der Waals surface area contributed by atoms with Crippen LogP contribution in [0.4, 0.5) is 0 Å². The van der Waals surface area contributed by atoms with Crippen molar-refractivity contribution in [2.24, 2.45) is 0 Å². The second kappa shape index (κ2) is 4.68. The molecule has 0 N–H and O–H groups in total.